The van der Waals surface area contributed by atoms with Gasteiger partial charge in [-0.2, -0.15) is 0 Å². The number of nitrogens with one attached hydrogen (secondary N) is 1. The van der Waals surface area contributed by atoms with Crippen LogP contribution in [0, 0.1) is 4.77 Å². The van der Waals surface area contributed by atoms with Crippen LogP contribution in [0.25, 0.3) is 16.6 Å². The van der Waals surface area contributed by atoms with Gasteiger partial charge in [0.15, 0.2) is 4.77 Å². The fourth-order valence-electron chi connectivity index (χ4n) is 4.76. The summed E-state index contributed by atoms with van der Waals surface area (Å²) < 4.78 is 10.6. The Morgan fingerprint density at radius 2 is 2.00 bits per heavy atom. The topological polar surface area (TPSA) is 68.0 Å². The lowest BCUT2D eigenvalue weighted by atomic mass is 9.93. The van der Waals surface area contributed by atoms with Crippen LogP contribution in [-0.2, 0) is 6.42 Å². The molecule has 33 heavy (non-hydrogen) atoms. The normalized spacial score (nSPS) is 14.8. The van der Waals surface area contributed by atoms with E-state index in [0.29, 0.717) is 11.2 Å². The van der Waals surface area contributed by atoms with E-state index in [1.165, 1.54) is 0 Å². The summed E-state index contributed by atoms with van der Waals surface area (Å²) in [5.74, 6) is 0.927. The van der Waals surface area contributed by atoms with E-state index in [0.717, 1.165) is 49.3 Å². The number of nitrogens with zero attached hydrogens (tertiary/aromatic N) is 3. The van der Waals surface area contributed by atoms with Crippen molar-refractivity contribution in [3.05, 3.63) is 98.7 Å². The van der Waals surface area contributed by atoms with E-state index in [-0.39, 0.29) is 11.9 Å². The first-order chi connectivity index (χ1) is 16.1. The fraction of sp³-hybridized carbons (Fsp3) is 0.120. The number of H-pyrrole nitrogens is 1. The van der Waals surface area contributed by atoms with E-state index < -0.39 is 0 Å². The van der Waals surface area contributed by atoms with Crippen LogP contribution in [0.1, 0.15) is 28.6 Å². The molecular formula is C25H19BrN4O2S. The van der Waals surface area contributed by atoms with Crippen LogP contribution < -0.4 is 4.74 Å². The van der Waals surface area contributed by atoms with Gasteiger partial charge < -0.3 is 19.4 Å². The smallest absolute Gasteiger partial charge is 0.218 e. The lowest BCUT2D eigenvalue weighted by Crippen LogP contribution is -2.21. The molecule has 0 amide bonds. The summed E-state index contributed by atoms with van der Waals surface area (Å²) in [7, 11) is 1.66. The van der Waals surface area contributed by atoms with Crippen LogP contribution in [0.4, 0.5) is 0 Å². The Morgan fingerprint density at radius 3 is 2.73 bits per heavy atom. The fourth-order valence-corrected chi connectivity index (χ4v) is 5.53. The van der Waals surface area contributed by atoms with E-state index in [2.05, 4.69) is 38.0 Å². The number of pyridine rings is 1. The van der Waals surface area contributed by atoms with Gasteiger partial charge in [0, 0.05) is 33.7 Å². The molecule has 0 spiro atoms. The third-order valence-electron chi connectivity index (χ3n) is 6.27. The molecule has 0 bridgehead atoms. The van der Waals surface area contributed by atoms with Crippen molar-refractivity contribution in [2.45, 2.75) is 12.5 Å². The number of ether oxygens (including phenoxy) is 1. The number of aromatic nitrogens is 4. The van der Waals surface area contributed by atoms with Crippen molar-refractivity contribution in [3.8, 4) is 17.3 Å². The highest BCUT2D eigenvalue weighted by molar-refractivity contribution is 9.10. The van der Waals surface area contributed by atoms with Crippen LogP contribution in [0.3, 0.4) is 0 Å². The largest absolute Gasteiger partial charge is 0.497 e. The van der Waals surface area contributed by atoms with Crippen molar-refractivity contribution in [3.63, 3.8) is 0 Å². The first-order valence-electron chi connectivity index (χ1n) is 10.5. The predicted octanol–water partition coefficient (Wildman–Crippen LogP) is 5.90. The number of hydrogen-bond acceptors (Lipinski definition) is 4. The quantitative estimate of drug-likeness (QED) is 0.286. The van der Waals surface area contributed by atoms with Gasteiger partial charge in [-0.15, -0.1) is 0 Å². The molecule has 0 radical (unpaired) electrons. The minimum absolute atomic E-state index is 0.140. The second-order valence-corrected chi connectivity index (χ2v) is 9.31. The van der Waals surface area contributed by atoms with Crippen LogP contribution in [-0.4, -0.2) is 31.3 Å². The number of imidazole rings is 1. The Morgan fingerprint density at radius 1 is 1.18 bits per heavy atom. The van der Waals surface area contributed by atoms with Crippen molar-refractivity contribution < 1.29 is 9.84 Å². The van der Waals surface area contributed by atoms with E-state index >= 15 is 0 Å². The molecule has 1 unspecified atom stereocenters. The van der Waals surface area contributed by atoms with Gasteiger partial charge in [0.2, 0.25) is 5.88 Å². The number of aromatic hydroxyl groups is 1. The summed E-state index contributed by atoms with van der Waals surface area (Å²) in [5, 5.41) is 12.5. The molecule has 1 atom stereocenters. The average molecular weight is 519 g/mol. The maximum absolute atomic E-state index is 11.4. The van der Waals surface area contributed by atoms with E-state index in [1.54, 1.807) is 24.1 Å². The minimum atomic E-state index is -0.225. The third kappa shape index (κ3) is 3.05. The summed E-state index contributed by atoms with van der Waals surface area (Å²) in [5.41, 5.74) is 5.83. The monoisotopic (exact) mass is 518 g/mol. The van der Waals surface area contributed by atoms with Crippen molar-refractivity contribution in [1.29, 1.82) is 0 Å². The van der Waals surface area contributed by atoms with Gasteiger partial charge in [0.25, 0.3) is 0 Å². The highest BCUT2D eigenvalue weighted by Crippen LogP contribution is 2.44. The number of benzene rings is 2. The van der Waals surface area contributed by atoms with Gasteiger partial charge in [0.05, 0.1) is 24.7 Å². The predicted molar refractivity (Wildman–Crippen MR) is 133 cm³/mol. The van der Waals surface area contributed by atoms with Crippen molar-refractivity contribution >= 4 is 39.1 Å². The Kier molecular flexibility index (Phi) is 4.67. The molecule has 6 rings (SSSR count). The molecule has 2 aromatic carbocycles. The summed E-state index contributed by atoms with van der Waals surface area (Å²) in [6, 6.07) is 17.7. The second-order valence-electron chi connectivity index (χ2n) is 8.03. The highest BCUT2D eigenvalue weighted by atomic mass is 79.9. The minimum Gasteiger partial charge on any atom is -0.497 e. The van der Waals surface area contributed by atoms with Crippen LogP contribution in [0.5, 0.6) is 11.6 Å². The van der Waals surface area contributed by atoms with Gasteiger partial charge in [-0.25, -0.2) is 0 Å². The molecule has 8 heteroatoms. The summed E-state index contributed by atoms with van der Waals surface area (Å²) in [6.45, 7) is 0. The molecule has 1 aliphatic rings. The molecule has 0 saturated heterocycles. The first kappa shape index (κ1) is 20.3. The molecule has 5 aromatic rings. The van der Waals surface area contributed by atoms with Crippen molar-refractivity contribution in [2.75, 3.05) is 7.11 Å². The second kappa shape index (κ2) is 7.60. The van der Waals surface area contributed by atoms with Crippen molar-refractivity contribution in [1.82, 2.24) is 19.1 Å². The van der Waals surface area contributed by atoms with E-state index in [4.69, 9.17) is 17.0 Å². The molecule has 0 saturated carbocycles. The first-order valence-corrected chi connectivity index (χ1v) is 11.7. The molecule has 0 fully saturated rings. The lowest BCUT2D eigenvalue weighted by Gasteiger charge is -2.26. The molecule has 2 N–H and O–H groups in total. The molecule has 3 aromatic heterocycles. The number of rotatable bonds is 3. The Labute approximate surface area is 203 Å². The van der Waals surface area contributed by atoms with Crippen LogP contribution >= 0.6 is 28.1 Å². The maximum Gasteiger partial charge on any atom is 0.218 e. The van der Waals surface area contributed by atoms with Gasteiger partial charge in [0.1, 0.15) is 11.8 Å². The number of halogens is 1. The lowest BCUT2D eigenvalue weighted by molar-refractivity contribution is 0.414. The van der Waals surface area contributed by atoms with Crippen LogP contribution in [0.2, 0.25) is 0 Å². The zero-order valence-electron chi connectivity index (χ0n) is 17.6. The standard InChI is InChI=1S/C25H19BrN4O2S/c1-32-17-7-4-14(5-8-17)23-22-19(18-11-15(26)6-9-20(18)28-22)12-21-24(31)29(25(33)30(21)23)16-3-2-10-27-13-16/h2-11,13,23,28,31H,12H2,1H3. The highest BCUT2D eigenvalue weighted by Gasteiger charge is 2.34. The number of aromatic amines is 1. The van der Waals surface area contributed by atoms with Crippen molar-refractivity contribution in [2.24, 2.45) is 0 Å². The maximum atomic E-state index is 11.4. The Balaban J connectivity index is 1.66. The number of methoxy groups -OCH3 is 1. The van der Waals surface area contributed by atoms with E-state index in [1.807, 2.05) is 47.0 Å². The van der Waals surface area contributed by atoms with Crippen LogP contribution in [0.15, 0.2) is 71.5 Å². The van der Waals surface area contributed by atoms with Gasteiger partial charge in [-0.3, -0.25) is 9.55 Å². The SMILES string of the molecule is COc1ccc(C2c3[nH]c4ccc(Br)cc4c3Cc3c(O)n(-c4cccnc4)c(=S)n32)cc1. The zero-order valence-corrected chi connectivity index (χ0v) is 20.0. The summed E-state index contributed by atoms with van der Waals surface area (Å²) in [4.78, 5) is 7.85. The molecule has 4 heterocycles. The third-order valence-corrected chi connectivity index (χ3v) is 7.14. The Bertz CT molecular complexity index is 1570. The Hall–Kier alpha value is -3.36. The number of hydrogen-bond donors (Lipinski definition) is 2. The van der Waals surface area contributed by atoms with E-state index in [9.17, 15) is 5.11 Å². The van der Waals surface area contributed by atoms with Gasteiger partial charge >= 0.3 is 0 Å². The molecule has 6 nitrogen and oxygen atoms in total. The zero-order chi connectivity index (χ0) is 22.7. The number of fused-ring (bicyclic) bond motifs is 4. The molecular weight excluding hydrogens is 500 g/mol. The molecule has 1 aliphatic heterocycles. The van der Waals surface area contributed by atoms with Gasteiger partial charge in [-0.1, -0.05) is 28.1 Å². The van der Waals surface area contributed by atoms with Gasteiger partial charge in [-0.05, 0) is 65.8 Å². The average Bonchev–Trinajstić information content (AvgIpc) is 3.32. The molecule has 0 aliphatic carbocycles. The summed E-state index contributed by atoms with van der Waals surface area (Å²) in [6.07, 6.45) is 3.96. The summed E-state index contributed by atoms with van der Waals surface area (Å²) >= 11 is 9.53. The molecule has 164 valence electrons.